The number of carbonyl (C=O) groups is 1. The molecule has 0 amide bonds. The fraction of sp³-hybridized carbons (Fsp3) is 0.500. The van der Waals surface area contributed by atoms with Gasteiger partial charge in [-0.05, 0) is 58.0 Å². The molecule has 2 aromatic rings. The summed E-state index contributed by atoms with van der Waals surface area (Å²) < 4.78 is 10.3. The second kappa shape index (κ2) is 9.76. The summed E-state index contributed by atoms with van der Waals surface area (Å²) in [6.45, 7) is 6.02. The highest BCUT2D eigenvalue weighted by Crippen LogP contribution is 2.46. The van der Waals surface area contributed by atoms with Crippen LogP contribution in [0.15, 0.2) is 40.5 Å². The molecule has 0 aliphatic carbocycles. The van der Waals surface area contributed by atoms with E-state index < -0.39 is 5.41 Å². The number of methoxy groups -OCH3 is 2. The fourth-order valence-corrected chi connectivity index (χ4v) is 4.56. The molecule has 1 aliphatic rings. The van der Waals surface area contributed by atoms with E-state index in [-0.39, 0.29) is 5.97 Å². The summed E-state index contributed by atoms with van der Waals surface area (Å²) in [4.78, 5) is 26.3. The van der Waals surface area contributed by atoms with Crippen molar-refractivity contribution in [2.45, 2.75) is 43.2 Å². The van der Waals surface area contributed by atoms with E-state index in [1.54, 1.807) is 31.3 Å². The number of aromatic nitrogens is 2. The monoisotopic (exact) mass is 430 g/mol. The average molecular weight is 431 g/mol. The van der Waals surface area contributed by atoms with Gasteiger partial charge in [0.25, 0.3) is 0 Å². The summed E-state index contributed by atoms with van der Waals surface area (Å²) in [6, 6.07) is 6.50. The van der Waals surface area contributed by atoms with Crippen LogP contribution < -0.4 is 4.90 Å². The predicted octanol–water partition coefficient (Wildman–Crippen LogP) is 4.09. The molecule has 2 heterocycles. The lowest BCUT2D eigenvalue weighted by molar-refractivity contribution is -0.151. The first-order valence-corrected chi connectivity index (χ1v) is 10.8. The van der Waals surface area contributed by atoms with E-state index in [1.807, 2.05) is 13.8 Å². The minimum absolute atomic E-state index is 0.154. The summed E-state index contributed by atoms with van der Waals surface area (Å²) in [5, 5.41) is 0.889. The average Bonchev–Trinajstić information content (AvgIpc) is 2.73. The number of esters is 1. The van der Waals surface area contributed by atoms with Gasteiger partial charge in [-0.25, -0.2) is 9.97 Å². The van der Waals surface area contributed by atoms with Crippen molar-refractivity contribution < 1.29 is 14.3 Å². The lowest BCUT2D eigenvalue weighted by atomic mass is 9.88. The molecule has 7 nitrogen and oxygen atoms in total. The van der Waals surface area contributed by atoms with E-state index in [1.165, 1.54) is 12.7 Å². The Kier molecular flexibility index (Phi) is 7.33. The smallest absolute Gasteiger partial charge is 0.311 e. The van der Waals surface area contributed by atoms with Crippen LogP contribution >= 0.6 is 11.8 Å². The lowest BCUT2D eigenvalue weighted by Crippen LogP contribution is -2.28. The molecule has 1 aromatic carbocycles. The van der Waals surface area contributed by atoms with Crippen molar-refractivity contribution in [2.75, 3.05) is 39.4 Å². The van der Waals surface area contributed by atoms with Crippen molar-refractivity contribution in [1.82, 2.24) is 14.9 Å². The van der Waals surface area contributed by atoms with Crippen LogP contribution in [0, 0.1) is 5.41 Å². The van der Waals surface area contributed by atoms with Crippen molar-refractivity contribution in [3.05, 3.63) is 36.2 Å². The molecular weight excluding hydrogens is 400 g/mol. The quantitative estimate of drug-likeness (QED) is 0.551. The number of fused-ring (bicyclic) bond motifs is 2. The predicted molar refractivity (Wildman–Crippen MR) is 118 cm³/mol. The molecule has 8 heteroatoms. The van der Waals surface area contributed by atoms with Gasteiger partial charge in [0.1, 0.15) is 11.8 Å². The van der Waals surface area contributed by atoms with Gasteiger partial charge in [0, 0.05) is 30.9 Å². The number of rotatable bonds is 9. The highest BCUT2D eigenvalue weighted by molar-refractivity contribution is 7.99. The van der Waals surface area contributed by atoms with Gasteiger partial charge in [-0.15, -0.1) is 0 Å². The molecule has 0 radical (unpaired) electrons. The third kappa shape index (κ3) is 5.11. The molecule has 0 saturated heterocycles. The maximum atomic E-state index is 11.8. The molecule has 0 saturated carbocycles. The Balaban J connectivity index is 1.66. The van der Waals surface area contributed by atoms with Crippen molar-refractivity contribution >= 4 is 29.2 Å². The fourth-order valence-electron chi connectivity index (χ4n) is 3.57. The zero-order valence-electron chi connectivity index (χ0n) is 18.3. The lowest BCUT2D eigenvalue weighted by Gasteiger charge is -2.30. The number of hydrogen-bond acceptors (Lipinski definition) is 8. The maximum Gasteiger partial charge on any atom is 0.311 e. The Morgan fingerprint density at radius 1 is 1.23 bits per heavy atom. The second-order valence-electron chi connectivity index (χ2n) is 8.15. The number of anilines is 2. The Morgan fingerprint density at radius 3 is 2.73 bits per heavy atom. The van der Waals surface area contributed by atoms with Crippen molar-refractivity contribution in [3.8, 4) is 0 Å². The van der Waals surface area contributed by atoms with Gasteiger partial charge in [-0.3, -0.25) is 9.69 Å². The number of hydrogen-bond donors (Lipinski definition) is 0. The molecule has 0 N–H and O–H groups in total. The third-order valence-corrected chi connectivity index (χ3v) is 6.26. The molecule has 162 valence electrons. The first kappa shape index (κ1) is 22.5. The maximum absolute atomic E-state index is 11.8. The topological polar surface area (TPSA) is 67.8 Å². The van der Waals surface area contributed by atoms with E-state index in [9.17, 15) is 4.79 Å². The normalized spacial score (nSPS) is 13.2. The SMILES string of the molecule is COCN1c2cc(CN(C)CCCC(C)(C)C(=O)OC)ccc2Sc2nccnc21. The van der Waals surface area contributed by atoms with Gasteiger partial charge >= 0.3 is 5.97 Å². The van der Waals surface area contributed by atoms with Crippen molar-refractivity contribution in [2.24, 2.45) is 5.41 Å². The van der Waals surface area contributed by atoms with Gasteiger partial charge in [0.2, 0.25) is 0 Å². The molecule has 0 unspecified atom stereocenters. The van der Waals surface area contributed by atoms with Crippen LogP contribution in [0.1, 0.15) is 32.3 Å². The minimum Gasteiger partial charge on any atom is -0.469 e. The number of nitrogens with zero attached hydrogens (tertiary/aromatic N) is 4. The molecule has 0 fully saturated rings. The number of ether oxygens (including phenoxy) is 2. The van der Waals surface area contributed by atoms with Crippen molar-refractivity contribution in [1.29, 1.82) is 0 Å². The third-order valence-electron chi connectivity index (χ3n) is 5.21. The molecular formula is C22H30N4O3S. The van der Waals surface area contributed by atoms with E-state index in [0.29, 0.717) is 6.73 Å². The Bertz CT molecular complexity index is 890. The van der Waals surface area contributed by atoms with Crippen LogP contribution in [-0.2, 0) is 20.8 Å². The molecule has 30 heavy (non-hydrogen) atoms. The van der Waals surface area contributed by atoms with Gasteiger partial charge in [-0.2, -0.15) is 0 Å². The van der Waals surface area contributed by atoms with Crippen LogP contribution in [0.4, 0.5) is 11.5 Å². The van der Waals surface area contributed by atoms with Gasteiger partial charge in [-0.1, -0.05) is 17.8 Å². The molecule has 0 atom stereocenters. The first-order chi connectivity index (χ1) is 14.4. The number of benzene rings is 1. The zero-order chi connectivity index (χ0) is 21.7. The molecule has 1 aliphatic heterocycles. The Labute approximate surface area is 182 Å². The van der Waals surface area contributed by atoms with E-state index in [2.05, 4.69) is 45.0 Å². The Morgan fingerprint density at radius 2 is 2.00 bits per heavy atom. The van der Waals surface area contributed by atoms with Gasteiger partial charge in [0.05, 0.1) is 18.2 Å². The minimum atomic E-state index is -0.451. The van der Waals surface area contributed by atoms with E-state index in [0.717, 1.165) is 47.4 Å². The molecule has 3 rings (SSSR count). The summed E-state index contributed by atoms with van der Waals surface area (Å²) in [7, 11) is 5.24. The van der Waals surface area contributed by atoms with Crippen LogP contribution in [0.5, 0.6) is 0 Å². The van der Waals surface area contributed by atoms with Gasteiger partial charge < -0.3 is 14.4 Å². The van der Waals surface area contributed by atoms with Gasteiger partial charge in [0.15, 0.2) is 5.82 Å². The van der Waals surface area contributed by atoms with Crippen LogP contribution in [0.25, 0.3) is 0 Å². The van der Waals surface area contributed by atoms with Crippen LogP contribution in [-0.4, -0.2) is 55.4 Å². The van der Waals surface area contributed by atoms with E-state index in [4.69, 9.17) is 9.47 Å². The second-order valence-corrected chi connectivity index (χ2v) is 9.18. The summed E-state index contributed by atoms with van der Waals surface area (Å²) >= 11 is 1.63. The summed E-state index contributed by atoms with van der Waals surface area (Å²) in [5.41, 5.74) is 1.86. The summed E-state index contributed by atoms with van der Waals surface area (Å²) in [6.07, 6.45) is 5.15. The largest absolute Gasteiger partial charge is 0.469 e. The summed E-state index contributed by atoms with van der Waals surface area (Å²) in [5.74, 6) is 0.673. The van der Waals surface area contributed by atoms with Crippen molar-refractivity contribution in [3.63, 3.8) is 0 Å². The Hall–Kier alpha value is -2.16. The first-order valence-electron chi connectivity index (χ1n) is 10.0. The number of carbonyl (C=O) groups excluding carboxylic acids is 1. The highest BCUT2D eigenvalue weighted by atomic mass is 32.2. The molecule has 1 aromatic heterocycles. The standard InChI is InChI=1S/C22H30N4O3S/c1-22(2,21(27)29-5)9-6-12-25(3)14-16-7-8-18-17(13-16)26(15-28-4)19-20(30-18)24-11-10-23-19/h7-8,10-11,13H,6,9,12,14-15H2,1-5H3. The zero-order valence-corrected chi connectivity index (χ0v) is 19.2. The van der Waals surface area contributed by atoms with Crippen LogP contribution in [0.2, 0.25) is 0 Å². The molecule has 0 spiro atoms. The van der Waals surface area contributed by atoms with Crippen LogP contribution in [0.3, 0.4) is 0 Å². The molecule has 0 bridgehead atoms. The van der Waals surface area contributed by atoms with E-state index >= 15 is 0 Å². The highest BCUT2D eigenvalue weighted by Gasteiger charge is 2.28.